The summed E-state index contributed by atoms with van der Waals surface area (Å²) in [6, 6.07) is 15.6. The van der Waals surface area contributed by atoms with Gasteiger partial charge in [-0.2, -0.15) is 0 Å². The summed E-state index contributed by atoms with van der Waals surface area (Å²) < 4.78 is 5.97. The molecule has 0 spiro atoms. The Morgan fingerprint density at radius 3 is 2.68 bits per heavy atom. The van der Waals surface area contributed by atoms with Crippen LogP contribution in [-0.4, -0.2) is 37.1 Å². The molecule has 2 aromatic carbocycles. The van der Waals surface area contributed by atoms with E-state index in [0.29, 0.717) is 12.3 Å². The number of anilines is 1. The second-order valence-corrected chi connectivity index (χ2v) is 6.43. The summed E-state index contributed by atoms with van der Waals surface area (Å²) in [4.78, 5) is 15.1. The van der Waals surface area contributed by atoms with Crippen LogP contribution in [0.25, 0.3) is 0 Å². The monoisotopic (exact) mass is 341 g/mol. The highest BCUT2D eigenvalue weighted by Crippen LogP contribution is 2.34. The Balaban J connectivity index is 1.89. The maximum atomic E-state index is 11.5. The molecule has 1 aliphatic rings. The molecule has 25 heavy (non-hydrogen) atoms. The zero-order chi connectivity index (χ0) is 17.8. The number of nitrogens with zero attached hydrogens (tertiary/aromatic N) is 3. The van der Waals surface area contributed by atoms with Gasteiger partial charge in [-0.25, -0.2) is 0 Å². The van der Waals surface area contributed by atoms with Crippen LogP contribution < -0.4 is 4.90 Å². The Kier molecular flexibility index (Phi) is 5.31. The first-order valence-electron chi connectivity index (χ1n) is 8.41. The minimum Gasteiger partial charge on any atom is -0.372 e. The molecule has 3 rings (SSSR count). The van der Waals surface area contributed by atoms with Crippen molar-refractivity contribution in [3.63, 3.8) is 0 Å². The molecule has 1 atom stereocenters. The smallest absolute Gasteiger partial charge is 0.292 e. The SMILES string of the molecule is CN(C)c1ccc([C@H]2OCCCN2Cc2ccccc2)cc1[N+](=O)[O-]. The third-order valence-electron chi connectivity index (χ3n) is 4.39. The molecular weight excluding hydrogens is 318 g/mol. The number of rotatable bonds is 5. The highest BCUT2D eigenvalue weighted by molar-refractivity contribution is 5.63. The Hall–Kier alpha value is -2.44. The van der Waals surface area contributed by atoms with Crippen LogP contribution in [0.2, 0.25) is 0 Å². The van der Waals surface area contributed by atoms with Crippen LogP contribution >= 0.6 is 0 Å². The van der Waals surface area contributed by atoms with Crippen molar-refractivity contribution in [1.82, 2.24) is 4.90 Å². The number of nitro groups is 1. The molecule has 6 heteroatoms. The summed E-state index contributed by atoms with van der Waals surface area (Å²) in [6.45, 7) is 2.33. The lowest BCUT2D eigenvalue weighted by molar-refractivity contribution is -0.384. The Morgan fingerprint density at radius 1 is 1.24 bits per heavy atom. The molecule has 0 saturated carbocycles. The highest BCUT2D eigenvalue weighted by atomic mass is 16.6. The number of benzene rings is 2. The van der Waals surface area contributed by atoms with Crippen LogP contribution in [0.1, 0.15) is 23.8 Å². The van der Waals surface area contributed by atoms with Crippen molar-refractivity contribution < 1.29 is 9.66 Å². The van der Waals surface area contributed by atoms with Crippen LogP contribution in [0.4, 0.5) is 11.4 Å². The van der Waals surface area contributed by atoms with E-state index in [1.165, 1.54) is 5.56 Å². The third-order valence-corrected chi connectivity index (χ3v) is 4.39. The van der Waals surface area contributed by atoms with Crippen LogP contribution in [0.15, 0.2) is 48.5 Å². The van der Waals surface area contributed by atoms with Gasteiger partial charge >= 0.3 is 0 Å². The van der Waals surface area contributed by atoms with E-state index in [9.17, 15) is 10.1 Å². The fraction of sp³-hybridized carbons (Fsp3) is 0.368. The average molecular weight is 341 g/mol. The van der Waals surface area contributed by atoms with Crippen molar-refractivity contribution in [2.45, 2.75) is 19.2 Å². The molecule has 0 radical (unpaired) electrons. The number of hydrogen-bond donors (Lipinski definition) is 0. The first kappa shape index (κ1) is 17.4. The van der Waals surface area contributed by atoms with E-state index in [1.807, 2.05) is 24.3 Å². The third kappa shape index (κ3) is 3.97. The zero-order valence-electron chi connectivity index (χ0n) is 14.6. The molecule has 132 valence electrons. The van der Waals surface area contributed by atoms with E-state index in [2.05, 4.69) is 17.0 Å². The maximum absolute atomic E-state index is 11.5. The van der Waals surface area contributed by atoms with E-state index < -0.39 is 0 Å². The number of nitro benzene ring substituents is 1. The fourth-order valence-corrected chi connectivity index (χ4v) is 3.19. The molecule has 1 heterocycles. The van der Waals surface area contributed by atoms with Gasteiger partial charge in [-0.05, 0) is 18.1 Å². The molecule has 0 aromatic heterocycles. The van der Waals surface area contributed by atoms with Gasteiger partial charge in [0.25, 0.3) is 5.69 Å². The molecule has 0 aliphatic carbocycles. The molecular formula is C19H23N3O3. The Labute approximate surface area is 147 Å². The lowest BCUT2D eigenvalue weighted by Crippen LogP contribution is -2.36. The van der Waals surface area contributed by atoms with Gasteiger partial charge in [0, 0.05) is 38.8 Å². The maximum Gasteiger partial charge on any atom is 0.292 e. The van der Waals surface area contributed by atoms with Crippen LogP contribution in [0, 0.1) is 10.1 Å². The second-order valence-electron chi connectivity index (χ2n) is 6.43. The minimum atomic E-state index is -0.330. The lowest BCUT2D eigenvalue weighted by Gasteiger charge is -2.36. The molecule has 0 amide bonds. The summed E-state index contributed by atoms with van der Waals surface area (Å²) in [5.41, 5.74) is 2.74. The summed E-state index contributed by atoms with van der Waals surface area (Å²) in [5.74, 6) is 0. The Morgan fingerprint density at radius 2 is 2.00 bits per heavy atom. The molecule has 1 aliphatic heterocycles. The van der Waals surface area contributed by atoms with Crippen molar-refractivity contribution in [3.05, 3.63) is 69.8 Å². The van der Waals surface area contributed by atoms with Gasteiger partial charge < -0.3 is 9.64 Å². The quantitative estimate of drug-likeness (QED) is 0.614. The van der Waals surface area contributed by atoms with E-state index in [4.69, 9.17) is 4.74 Å². The predicted molar refractivity (Wildman–Crippen MR) is 97.6 cm³/mol. The van der Waals surface area contributed by atoms with E-state index >= 15 is 0 Å². The van der Waals surface area contributed by atoms with E-state index in [-0.39, 0.29) is 16.8 Å². The molecule has 1 fully saturated rings. The normalized spacial score (nSPS) is 18.1. The standard InChI is InChI=1S/C19H23N3O3/c1-20(2)17-10-9-16(13-18(17)22(23)24)19-21(11-6-12-25-19)14-15-7-4-3-5-8-15/h3-5,7-10,13,19H,6,11-12,14H2,1-2H3/t19-/m1/s1. The number of ether oxygens (including phenoxy) is 1. The van der Waals surface area contributed by atoms with Crippen LogP contribution in [0.3, 0.4) is 0 Å². The molecule has 6 nitrogen and oxygen atoms in total. The van der Waals surface area contributed by atoms with Crippen molar-refractivity contribution >= 4 is 11.4 Å². The molecule has 0 bridgehead atoms. The zero-order valence-corrected chi connectivity index (χ0v) is 14.6. The van der Waals surface area contributed by atoms with Gasteiger partial charge in [0.15, 0.2) is 0 Å². The first-order chi connectivity index (χ1) is 12.1. The highest BCUT2D eigenvalue weighted by Gasteiger charge is 2.27. The second kappa shape index (κ2) is 7.63. The lowest BCUT2D eigenvalue weighted by atomic mass is 10.1. The molecule has 0 unspecified atom stereocenters. The van der Waals surface area contributed by atoms with Crippen molar-refractivity contribution in [1.29, 1.82) is 0 Å². The molecule has 0 N–H and O–H groups in total. The topological polar surface area (TPSA) is 58.8 Å². The molecule has 1 saturated heterocycles. The van der Waals surface area contributed by atoms with Crippen molar-refractivity contribution in [2.24, 2.45) is 0 Å². The molecule has 2 aromatic rings. The van der Waals surface area contributed by atoms with Crippen molar-refractivity contribution in [3.8, 4) is 0 Å². The van der Waals surface area contributed by atoms with E-state index in [1.54, 1.807) is 31.1 Å². The van der Waals surface area contributed by atoms with Crippen LogP contribution in [-0.2, 0) is 11.3 Å². The van der Waals surface area contributed by atoms with Gasteiger partial charge in [-0.3, -0.25) is 15.0 Å². The predicted octanol–water partition coefficient (Wildman–Crippen LogP) is 3.58. The van der Waals surface area contributed by atoms with Gasteiger partial charge in [-0.15, -0.1) is 0 Å². The average Bonchev–Trinajstić information content (AvgIpc) is 2.62. The first-order valence-corrected chi connectivity index (χ1v) is 8.41. The van der Waals surface area contributed by atoms with Crippen molar-refractivity contribution in [2.75, 3.05) is 32.1 Å². The summed E-state index contributed by atoms with van der Waals surface area (Å²) in [7, 11) is 3.61. The summed E-state index contributed by atoms with van der Waals surface area (Å²) >= 11 is 0. The summed E-state index contributed by atoms with van der Waals surface area (Å²) in [5, 5.41) is 11.5. The van der Waals surface area contributed by atoms with Gasteiger partial charge in [0.2, 0.25) is 0 Å². The van der Waals surface area contributed by atoms with Gasteiger partial charge in [0.05, 0.1) is 11.5 Å². The largest absolute Gasteiger partial charge is 0.372 e. The van der Waals surface area contributed by atoms with Gasteiger partial charge in [0.1, 0.15) is 11.9 Å². The number of hydrogen-bond acceptors (Lipinski definition) is 5. The Bertz CT molecular complexity index is 734. The summed E-state index contributed by atoms with van der Waals surface area (Å²) in [6.07, 6.45) is 0.699. The minimum absolute atomic E-state index is 0.108. The van der Waals surface area contributed by atoms with E-state index in [0.717, 1.165) is 25.1 Å². The van der Waals surface area contributed by atoms with Crippen LogP contribution in [0.5, 0.6) is 0 Å². The van der Waals surface area contributed by atoms with Gasteiger partial charge in [-0.1, -0.05) is 36.4 Å². The fourth-order valence-electron chi connectivity index (χ4n) is 3.19.